The average Bonchev–Trinajstić information content (AvgIpc) is 2.90. The van der Waals surface area contributed by atoms with E-state index in [9.17, 15) is 23.2 Å². The van der Waals surface area contributed by atoms with Gasteiger partial charge in [0.25, 0.3) is 11.8 Å². The van der Waals surface area contributed by atoms with E-state index in [2.05, 4.69) is 20.7 Å². The summed E-state index contributed by atoms with van der Waals surface area (Å²) >= 11 is 3.27. The van der Waals surface area contributed by atoms with Crippen LogP contribution in [0.15, 0.2) is 46.9 Å². The Bertz CT molecular complexity index is 950. The first-order chi connectivity index (χ1) is 13.8. The number of imide groups is 1. The van der Waals surface area contributed by atoms with E-state index in [1.807, 2.05) is 0 Å². The number of carbonyl (C=O) groups excluding carboxylic acids is 3. The Kier molecular flexibility index (Phi) is 6.26. The monoisotopic (exact) mass is 466 g/mol. The van der Waals surface area contributed by atoms with E-state index in [-0.39, 0.29) is 31.2 Å². The molecule has 0 N–H and O–H groups in total. The number of fused-ring (bicyclic) bond motifs is 1. The summed E-state index contributed by atoms with van der Waals surface area (Å²) in [5.41, 5.74) is 1.37. The molecule has 0 unspecified atom stereocenters. The molecule has 2 aromatic carbocycles. The lowest BCUT2D eigenvalue weighted by Crippen LogP contribution is -2.35. The third kappa shape index (κ3) is 4.79. The lowest BCUT2D eigenvalue weighted by Gasteiger charge is -2.19. The molecule has 0 atom stereocenters. The minimum Gasteiger partial charge on any atom is -0.435 e. The third-order valence-corrected chi connectivity index (χ3v) is 4.97. The van der Waals surface area contributed by atoms with Crippen LogP contribution in [0.25, 0.3) is 0 Å². The summed E-state index contributed by atoms with van der Waals surface area (Å²) in [5, 5.41) is 0. The second-order valence-electron chi connectivity index (χ2n) is 6.47. The molecule has 3 rings (SSSR count). The molecule has 9 heteroatoms. The van der Waals surface area contributed by atoms with Crippen molar-refractivity contribution in [2.45, 2.75) is 19.6 Å². The van der Waals surface area contributed by atoms with Gasteiger partial charge in [0.1, 0.15) is 5.75 Å². The van der Waals surface area contributed by atoms with Crippen LogP contribution >= 0.6 is 15.9 Å². The minimum absolute atomic E-state index is 0.0181. The molecule has 29 heavy (non-hydrogen) atoms. The van der Waals surface area contributed by atoms with Crippen molar-refractivity contribution >= 4 is 33.7 Å². The van der Waals surface area contributed by atoms with Crippen molar-refractivity contribution in [1.29, 1.82) is 0 Å². The molecule has 0 saturated heterocycles. The van der Waals surface area contributed by atoms with Crippen molar-refractivity contribution in [1.82, 2.24) is 9.80 Å². The fraction of sp³-hybridized carbons (Fsp3) is 0.250. The fourth-order valence-corrected chi connectivity index (χ4v) is 3.36. The number of hydrogen-bond acceptors (Lipinski definition) is 4. The predicted molar refractivity (Wildman–Crippen MR) is 104 cm³/mol. The number of hydrogen-bond donors (Lipinski definition) is 0. The largest absolute Gasteiger partial charge is 0.435 e. The van der Waals surface area contributed by atoms with Crippen LogP contribution < -0.4 is 4.74 Å². The van der Waals surface area contributed by atoms with Crippen LogP contribution in [0.4, 0.5) is 8.78 Å². The molecule has 0 saturated carbocycles. The molecule has 0 radical (unpaired) electrons. The Labute approximate surface area is 174 Å². The molecule has 3 amide bonds. The molecule has 0 spiro atoms. The second-order valence-corrected chi connectivity index (χ2v) is 7.39. The first-order valence-corrected chi connectivity index (χ1v) is 9.49. The maximum atomic E-state index is 12.4. The molecule has 1 aliphatic heterocycles. The molecule has 1 aliphatic rings. The summed E-state index contributed by atoms with van der Waals surface area (Å²) in [4.78, 5) is 39.7. The smallest absolute Gasteiger partial charge is 0.387 e. The molecule has 0 aliphatic carbocycles. The first-order valence-electron chi connectivity index (χ1n) is 8.69. The Morgan fingerprint density at radius 1 is 1.10 bits per heavy atom. The summed E-state index contributed by atoms with van der Waals surface area (Å²) in [7, 11) is 1.59. The lowest BCUT2D eigenvalue weighted by molar-refractivity contribution is -0.130. The highest BCUT2D eigenvalue weighted by atomic mass is 79.9. The van der Waals surface area contributed by atoms with Crippen molar-refractivity contribution in [2.75, 3.05) is 13.6 Å². The summed E-state index contributed by atoms with van der Waals surface area (Å²) in [6.45, 7) is -2.66. The topological polar surface area (TPSA) is 66.9 Å². The lowest BCUT2D eigenvalue weighted by atomic mass is 10.1. The molecular formula is C20H17BrF2N2O4. The van der Waals surface area contributed by atoms with Crippen molar-refractivity contribution in [3.05, 3.63) is 63.6 Å². The van der Waals surface area contributed by atoms with Gasteiger partial charge in [-0.25, -0.2) is 0 Å². The van der Waals surface area contributed by atoms with Gasteiger partial charge in [-0.2, -0.15) is 8.78 Å². The van der Waals surface area contributed by atoms with E-state index in [0.717, 1.165) is 10.5 Å². The highest BCUT2D eigenvalue weighted by Gasteiger charge is 2.35. The van der Waals surface area contributed by atoms with Crippen LogP contribution in [0.1, 0.15) is 32.7 Å². The fourth-order valence-electron chi connectivity index (χ4n) is 3.00. The number of amides is 3. The van der Waals surface area contributed by atoms with Crippen LogP contribution in [0.3, 0.4) is 0 Å². The van der Waals surface area contributed by atoms with Gasteiger partial charge < -0.3 is 9.64 Å². The minimum atomic E-state index is -2.90. The normalized spacial score (nSPS) is 13.1. The van der Waals surface area contributed by atoms with Gasteiger partial charge in [0.05, 0.1) is 11.1 Å². The quantitative estimate of drug-likeness (QED) is 0.583. The van der Waals surface area contributed by atoms with Gasteiger partial charge in [0, 0.05) is 31.0 Å². The third-order valence-electron chi connectivity index (χ3n) is 4.48. The predicted octanol–water partition coefficient (Wildman–Crippen LogP) is 3.70. The van der Waals surface area contributed by atoms with Crippen LogP contribution in [0, 0.1) is 0 Å². The SMILES string of the molecule is CN(Cc1ccc(OC(F)F)cc1)C(=O)CCN1C(=O)c2ccc(Br)cc2C1=O. The molecule has 0 bridgehead atoms. The molecule has 1 heterocycles. The van der Waals surface area contributed by atoms with Crippen molar-refractivity contribution in [3.8, 4) is 5.75 Å². The molecule has 0 aromatic heterocycles. The first kappa shape index (κ1) is 20.9. The number of carbonyl (C=O) groups is 3. The summed E-state index contributed by atoms with van der Waals surface area (Å²) in [5.74, 6) is -1.05. The van der Waals surface area contributed by atoms with Gasteiger partial charge in [-0.1, -0.05) is 28.1 Å². The zero-order valence-corrected chi connectivity index (χ0v) is 17.0. The molecule has 6 nitrogen and oxygen atoms in total. The van der Waals surface area contributed by atoms with Gasteiger partial charge in [0.15, 0.2) is 0 Å². The number of halogens is 3. The molecule has 152 valence electrons. The van der Waals surface area contributed by atoms with E-state index in [0.29, 0.717) is 15.6 Å². The van der Waals surface area contributed by atoms with E-state index in [1.165, 1.54) is 17.0 Å². The number of alkyl halides is 2. The van der Waals surface area contributed by atoms with Gasteiger partial charge in [-0.05, 0) is 35.9 Å². The van der Waals surface area contributed by atoms with Crippen LogP contribution in [0.5, 0.6) is 5.75 Å². The number of rotatable bonds is 7. The van der Waals surface area contributed by atoms with Gasteiger partial charge in [-0.15, -0.1) is 0 Å². The zero-order valence-electron chi connectivity index (χ0n) is 15.4. The number of benzene rings is 2. The highest BCUT2D eigenvalue weighted by Crippen LogP contribution is 2.26. The van der Waals surface area contributed by atoms with E-state index in [1.54, 1.807) is 37.4 Å². The zero-order chi connectivity index (χ0) is 21.1. The Morgan fingerprint density at radius 2 is 1.76 bits per heavy atom. The van der Waals surface area contributed by atoms with Crippen molar-refractivity contribution in [3.63, 3.8) is 0 Å². The van der Waals surface area contributed by atoms with Gasteiger partial charge in [-0.3, -0.25) is 19.3 Å². The van der Waals surface area contributed by atoms with Crippen LogP contribution in [-0.2, 0) is 11.3 Å². The Balaban J connectivity index is 1.55. The highest BCUT2D eigenvalue weighted by molar-refractivity contribution is 9.10. The number of nitrogens with zero attached hydrogens (tertiary/aromatic N) is 2. The maximum absolute atomic E-state index is 12.4. The van der Waals surface area contributed by atoms with E-state index < -0.39 is 18.4 Å². The van der Waals surface area contributed by atoms with Gasteiger partial charge >= 0.3 is 6.61 Å². The van der Waals surface area contributed by atoms with Crippen LogP contribution in [-0.4, -0.2) is 47.7 Å². The standard InChI is InChI=1S/C20H17BrF2N2O4/c1-24(11-12-2-5-14(6-3-12)29-20(22)23)17(26)8-9-25-18(27)15-7-4-13(21)10-16(15)19(25)28/h2-7,10,20H,8-9,11H2,1H3. The van der Waals surface area contributed by atoms with Crippen molar-refractivity contribution in [2.24, 2.45) is 0 Å². The summed E-state index contributed by atoms with van der Waals surface area (Å²) < 4.78 is 29.3. The second kappa shape index (κ2) is 8.69. The maximum Gasteiger partial charge on any atom is 0.387 e. The molecule has 0 fully saturated rings. The van der Waals surface area contributed by atoms with E-state index in [4.69, 9.17) is 0 Å². The van der Waals surface area contributed by atoms with E-state index >= 15 is 0 Å². The Hall–Kier alpha value is -2.81. The van der Waals surface area contributed by atoms with Crippen LogP contribution in [0.2, 0.25) is 0 Å². The van der Waals surface area contributed by atoms with Crippen molar-refractivity contribution < 1.29 is 27.9 Å². The number of ether oxygens (including phenoxy) is 1. The van der Waals surface area contributed by atoms with Gasteiger partial charge in [0.2, 0.25) is 5.91 Å². The average molecular weight is 467 g/mol. The molecule has 2 aromatic rings. The summed E-state index contributed by atoms with van der Waals surface area (Å²) in [6, 6.07) is 10.8. The summed E-state index contributed by atoms with van der Waals surface area (Å²) in [6.07, 6.45) is -0.0181. The molecular weight excluding hydrogens is 450 g/mol. The Morgan fingerprint density at radius 3 is 2.41 bits per heavy atom.